The molecule has 0 saturated heterocycles. The summed E-state index contributed by atoms with van der Waals surface area (Å²) in [5.41, 5.74) is 0.754. The number of Topliss-reactive ketones (excluding diaryl/α,β-unsaturated/α-hetero) is 2. The summed E-state index contributed by atoms with van der Waals surface area (Å²) in [6.45, 7) is 1.61. The molecule has 1 amide bonds. The van der Waals surface area contributed by atoms with Gasteiger partial charge in [0.25, 0.3) is 0 Å². The fourth-order valence-corrected chi connectivity index (χ4v) is 2.48. The first kappa shape index (κ1) is 15.0. The number of benzene rings is 1. The predicted molar refractivity (Wildman–Crippen MR) is 77.0 cm³/mol. The van der Waals surface area contributed by atoms with E-state index in [1.807, 2.05) is 0 Å². The van der Waals surface area contributed by atoms with Gasteiger partial charge < -0.3 is 9.64 Å². The van der Waals surface area contributed by atoms with Gasteiger partial charge in [0.2, 0.25) is 11.7 Å². The fourth-order valence-electron chi connectivity index (χ4n) is 2.48. The molecule has 1 unspecified atom stereocenters. The number of hydrogen-bond acceptors (Lipinski definition) is 4. The lowest BCUT2D eigenvalue weighted by Crippen LogP contribution is -2.35. The van der Waals surface area contributed by atoms with Crippen molar-refractivity contribution in [2.45, 2.75) is 6.92 Å². The summed E-state index contributed by atoms with van der Waals surface area (Å²) in [6.07, 6.45) is 0. The van der Waals surface area contributed by atoms with Crippen molar-refractivity contribution < 1.29 is 19.1 Å². The molecule has 0 heterocycles. The van der Waals surface area contributed by atoms with E-state index in [1.165, 1.54) is 12.0 Å². The Balaban J connectivity index is 2.60. The van der Waals surface area contributed by atoms with Crippen molar-refractivity contribution in [1.82, 2.24) is 4.90 Å². The minimum atomic E-state index is -0.736. The van der Waals surface area contributed by atoms with Gasteiger partial charge in [-0.05, 0) is 6.92 Å². The van der Waals surface area contributed by atoms with Crippen LogP contribution in [0.3, 0.4) is 0 Å². The van der Waals surface area contributed by atoms with E-state index in [0.717, 1.165) is 0 Å². The summed E-state index contributed by atoms with van der Waals surface area (Å²) in [6, 6.07) is 6.56. The van der Waals surface area contributed by atoms with Crippen molar-refractivity contribution in [3.05, 3.63) is 46.7 Å². The summed E-state index contributed by atoms with van der Waals surface area (Å²) < 4.78 is 5.13. The zero-order chi connectivity index (χ0) is 15.7. The SMILES string of the molecule is COC1=C(C(C)C(=O)N(C)C)C(=O)c2ccccc2C1=O. The van der Waals surface area contributed by atoms with Gasteiger partial charge in [-0.1, -0.05) is 24.3 Å². The fraction of sp³-hybridized carbons (Fsp3) is 0.312. The molecular weight excluding hydrogens is 270 g/mol. The van der Waals surface area contributed by atoms with Crippen LogP contribution >= 0.6 is 0 Å². The van der Waals surface area contributed by atoms with Crippen LogP contribution in [-0.2, 0) is 9.53 Å². The lowest BCUT2D eigenvalue weighted by Gasteiger charge is -2.25. The summed E-state index contributed by atoms with van der Waals surface area (Å²) in [5.74, 6) is -1.72. The third kappa shape index (κ3) is 2.35. The second kappa shape index (κ2) is 5.52. The van der Waals surface area contributed by atoms with E-state index in [4.69, 9.17) is 4.74 Å². The summed E-state index contributed by atoms with van der Waals surface area (Å²) in [5, 5.41) is 0. The van der Waals surface area contributed by atoms with Gasteiger partial charge in [0.15, 0.2) is 11.5 Å². The highest BCUT2D eigenvalue weighted by Crippen LogP contribution is 2.31. The van der Waals surface area contributed by atoms with Crippen molar-refractivity contribution in [2.75, 3.05) is 21.2 Å². The van der Waals surface area contributed by atoms with Crippen molar-refractivity contribution in [3.8, 4) is 0 Å². The Labute approximate surface area is 123 Å². The molecule has 1 aliphatic rings. The minimum Gasteiger partial charge on any atom is -0.492 e. The number of hydrogen-bond donors (Lipinski definition) is 0. The topological polar surface area (TPSA) is 63.7 Å². The molecular formula is C16H17NO4. The highest BCUT2D eigenvalue weighted by atomic mass is 16.5. The van der Waals surface area contributed by atoms with Crippen LogP contribution in [0.15, 0.2) is 35.6 Å². The van der Waals surface area contributed by atoms with E-state index in [0.29, 0.717) is 11.1 Å². The first-order valence-corrected chi connectivity index (χ1v) is 6.57. The minimum absolute atomic E-state index is 0.0404. The van der Waals surface area contributed by atoms with Crippen LogP contribution in [0.4, 0.5) is 0 Å². The third-order valence-electron chi connectivity index (χ3n) is 3.56. The zero-order valence-electron chi connectivity index (χ0n) is 12.5. The Kier molecular flexibility index (Phi) is 3.93. The van der Waals surface area contributed by atoms with Gasteiger partial charge in [-0.15, -0.1) is 0 Å². The lowest BCUT2D eigenvalue weighted by molar-refractivity contribution is -0.131. The van der Waals surface area contributed by atoms with E-state index < -0.39 is 5.92 Å². The molecule has 0 spiro atoms. The quantitative estimate of drug-likeness (QED) is 0.848. The number of nitrogens with zero attached hydrogens (tertiary/aromatic N) is 1. The number of fused-ring (bicyclic) bond motifs is 1. The van der Waals surface area contributed by atoms with Gasteiger partial charge in [-0.2, -0.15) is 0 Å². The molecule has 0 N–H and O–H groups in total. The Morgan fingerprint density at radius 1 is 1.10 bits per heavy atom. The largest absolute Gasteiger partial charge is 0.492 e. The highest BCUT2D eigenvalue weighted by molar-refractivity contribution is 6.27. The highest BCUT2D eigenvalue weighted by Gasteiger charge is 2.38. The van der Waals surface area contributed by atoms with E-state index in [1.54, 1.807) is 45.3 Å². The van der Waals surface area contributed by atoms with Crippen LogP contribution in [0, 0.1) is 5.92 Å². The first-order valence-electron chi connectivity index (χ1n) is 6.57. The first-order chi connectivity index (χ1) is 9.90. The number of rotatable bonds is 3. The molecule has 0 bridgehead atoms. The van der Waals surface area contributed by atoms with Gasteiger partial charge in [-0.3, -0.25) is 14.4 Å². The van der Waals surface area contributed by atoms with Gasteiger partial charge in [0.05, 0.1) is 18.6 Å². The van der Waals surface area contributed by atoms with Crippen LogP contribution in [0.25, 0.3) is 0 Å². The summed E-state index contributed by atoms with van der Waals surface area (Å²) in [4.78, 5) is 38.6. The molecule has 21 heavy (non-hydrogen) atoms. The van der Waals surface area contributed by atoms with Gasteiger partial charge in [-0.25, -0.2) is 0 Å². The Morgan fingerprint density at radius 3 is 2.10 bits per heavy atom. The maximum atomic E-state index is 12.6. The summed E-state index contributed by atoms with van der Waals surface area (Å²) >= 11 is 0. The van der Waals surface area contributed by atoms with Crippen molar-refractivity contribution in [1.29, 1.82) is 0 Å². The average Bonchev–Trinajstić information content (AvgIpc) is 2.49. The van der Waals surface area contributed by atoms with E-state index >= 15 is 0 Å². The molecule has 1 aromatic rings. The van der Waals surface area contributed by atoms with Crippen LogP contribution in [0.2, 0.25) is 0 Å². The number of methoxy groups -OCH3 is 1. The second-order valence-corrected chi connectivity index (χ2v) is 5.11. The van der Waals surface area contributed by atoms with Crippen LogP contribution in [-0.4, -0.2) is 43.6 Å². The molecule has 0 aromatic heterocycles. The molecule has 0 radical (unpaired) electrons. The third-order valence-corrected chi connectivity index (χ3v) is 3.56. The number of amides is 1. The monoisotopic (exact) mass is 287 g/mol. The number of ketones is 2. The number of carbonyl (C=O) groups is 3. The standard InChI is InChI=1S/C16H17NO4/c1-9(16(20)17(2)3)12-13(18)10-7-5-6-8-11(10)14(19)15(12)21-4/h5-9H,1-4H3. The molecule has 5 heteroatoms. The average molecular weight is 287 g/mol. The van der Waals surface area contributed by atoms with E-state index in [2.05, 4.69) is 0 Å². The Bertz CT molecular complexity index is 658. The molecule has 2 rings (SSSR count). The predicted octanol–water partition coefficient (Wildman–Crippen LogP) is 1.69. The van der Waals surface area contributed by atoms with Crippen molar-refractivity contribution in [3.63, 3.8) is 0 Å². The number of allylic oxidation sites excluding steroid dienone is 1. The Hall–Kier alpha value is -2.43. The molecule has 1 atom stereocenters. The van der Waals surface area contributed by atoms with Crippen molar-refractivity contribution in [2.24, 2.45) is 5.92 Å². The zero-order valence-corrected chi connectivity index (χ0v) is 12.5. The molecule has 1 aromatic carbocycles. The van der Waals surface area contributed by atoms with Gasteiger partial charge in [0.1, 0.15) is 0 Å². The Morgan fingerprint density at radius 2 is 1.62 bits per heavy atom. The number of ether oxygens (including phenoxy) is 1. The number of carbonyl (C=O) groups excluding carboxylic acids is 3. The molecule has 5 nitrogen and oxygen atoms in total. The summed E-state index contributed by atoms with van der Waals surface area (Å²) in [7, 11) is 4.55. The van der Waals surface area contributed by atoms with Gasteiger partial charge >= 0.3 is 0 Å². The molecule has 0 saturated carbocycles. The maximum Gasteiger partial charge on any atom is 0.229 e. The second-order valence-electron chi connectivity index (χ2n) is 5.11. The van der Waals surface area contributed by atoms with Crippen LogP contribution < -0.4 is 0 Å². The molecule has 0 aliphatic heterocycles. The lowest BCUT2D eigenvalue weighted by atomic mass is 9.82. The van der Waals surface area contributed by atoms with E-state index in [-0.39, 0.29) is 28.8 Å². The molecule has 110 valence electrons. The maximum absolute atomic E-state index is 12.6. The van der Waals surface area contributed by atoms with E-state index in [9.17, 15) is 14.4 Å². The van der Waals surface area contributed by atoms with Crippen molar-refractivity contribution >= 4 is 17.5 Å². The smallest absolute Gasteiger partial charge is 0.229 e. The van der Waals surface area contributed by atoms with Crippen LogP contribution in [0.5, 0.6) is 0 Å². The normalized spacial score (nSPS) is 15.6. The van der Waals surface area contributed by atoms with Gasteiger partial charge in [0, 0.05) is 25.2 Å². The molecule has 1 aliphatic carbocycles. The molecule has 0 fully saturated rings. The van der Waals surface area contributed by atoms with Crippen LogP contribution in [0.1, 0.15) is 27.6 Å².